The summed E-state index contributed by atoms with van der Waals surface area (Å²) in [5.41, 5.74) is 1.52. The molecular weight excluding hydrogens is 328 g/mol. The van der Waals surface area contributed by atoms with Crippen molar-refractivity contribution in [2.24, 2.45) is 0 Å². The summed E-state index contributed by atoms with van der Waals surface area (Å²) >= 11 is 5.99. The van der Waals surface area contributed by atoms with E-state index in [1.807, 2.05) is 12.1 Å². The smallest absolute Gasteiger partial charge is 0.258 e. The Hall–Kier alpha value is -2.40. The number of Topliss-reactive ketones (excluding diaryl/α,β-unsaturated/α-hetero) is 1. The Morgan fingerprint density at radius 1 is 1.21 bits per heavy atom. The van der Waals surface area contributed by atoms with Crippen molar-refractivity contribution in [3.63, 3.8) is 0 Å². The van der Waals surface area contributed by atoms with E-state index in [2.05, 4.69) is 9.97 Å². The lowest BCUT2D eigenvalue weighted by Gasteiger charge is -2.31. The van der Waals surface area contributed by atoms with Gasteiger partial charge in [0.15, 0.2) is 5.78 Å². The SMILES string of the molecule is Cc1nc2c(c(=O)[nH]1)[C@H](c1ccc(Cl)cc1)C1=C(CCCC1=O)O2. The van der Waals surface area contributed by atoms with Crippen LogP contribution in [0.4, 0.5) is 0 Å². The van der Waals surface area contributed by atoms with Crippen molar-refractivity contribution < 1.29 is 9.53 Å². The number of benzene rings is 1. The largest absolute Gasteiger partial charge is 0.442 e. The van der Waals surface area contributed by atoms with Crippen molar-refractivity contribution in [1.82, 2.24) is 9.97 Å². The number of aromatic amines is 1. The fraction of sp³-hybridized carbons (Fsp3) is 0.278. The van der Waals surface area contributed by atoms with Crippen LogP contribution in [0.25, 0.3) is 0 Å². The van der Waals surface area contributed by atoms with Crippen LogP contribution >= 0.6 is 11.6 Å². The minimum atomic E-state index is -0.467. The number of carbonyl (C=O) groups is 1. The molecule has 2 aliphatic rings. The van der Waals surface area contributed by atoms with Crippen LogP contribution in [0.5, 0.6) is 5.88 Å². The summed E-state index contributed by atoms with van der Waals surface area (Å²) in [4.78, 5) is 32.2. The third kappa shape index (κ3) is 2.36. The second kappa shape index (κ2) is 5.60. The van der Waals surface area contributed by atoms with Crippen LogP contribution in [0.1, 0.15) is 42.1 Å². The zero-order chi connectivity index (χ0) is 16.8. The standard InChI is InChI=1S/C18H15ClN2O3/c1-9-20-17(23)16-14(10-5-7-11(19)8-6-10)15-12(22)3-2-4-13(15)24-18(16)21-9/h5-8,14H,2-4H2,1H3,(H,20,21,23)/t14-/m1/s1. The van der Waals surface area contributed by atoms with E-state index in [1.165, 1.54) is 0 Å². The van der Waals surface area contributed by atoms with Gasteiger partial charge in [0.25, 0.3) is 5.56 Å². The molecule has 1 aliphatic carbocycles. The first kappa shape index (κ1) is 15.1. The molecule has 1 aliphatic heterocycles. The Morgan fingerprint density at radius 2 is 1.96 bits per heavy atom. The number of allylic oxidation sites excluding steroid dienone is 2. The maximum Gasteiger partial charge on any atom is 0.258 e. The number of carbonyl (C=O) groups excluding carboxylic acids is 1. The van der Waals surface area contributed by atoms with E-state index in [0.29, 0.717) is 46.5 Å². The van der Waals surface area contributed by atoms with Crippen molar-refractivity contribution in [2.45, 2.75) is 32.1 Å². The lowest BCUT2D eigenvalue weighted by Crippen LogP contribution is -2.31. The molecule has 1 aromatic heterocycles. The van der Waals surface area contributed by atoms with E-state index in [4.69, 9.17) is 16.3 Å². The van der Waals surface area contributed by atoms with E-state index < -0.39 is 5.92 Å². The lowest BCUT2D eigenvalue weighted by atomic mass is 9.78. The van der Waals surface area contributed by atoms with E-state index in [-0.39, 0.29) is 11.3 Å². The Kier molecular flexibility index (Phi) is 3.53. The van der Waals surface area contributed by atoms with Crippen LogP contribution in [-0.4, -0.2) is 15.8 Å². The highest BCUT2D eigenvalue weighted by atomic mass is 35.5. The van der Waals surface area contributed by atoms with Crippen LogP contribution in [0.15, 0.2) is 40.4 Å². The Labute approximate surface area is 143 Å². The number of aryl methyl sites for hydroxylation is 1. The number of nitrogens with zero attached hydrogens (tertiary/aromatic N) is 1. The molecule has 1 atom stereocenters. The van der Waals surface area contributed by atoms with Gasteiger partial charge in [-0.25, -0.2) is 0 Å². The molecule has 1 N–H and O–H groups in total. The number of H-pyrrole nitrogens is 1. The highest BCUT2D eigenvalue weighted by Crippen LogP contribution is 2.44. The van der Waals surface area contributed by atoms with Crippen molar-refractivity contribution in [3.8, 4) is 5.88 Å². The van der Waals surface area contributed by atoms with Gasteiger partial charge in [0.2, 0.25) is 5.88 Å². The molecule has 4 rings (SSSR count). The molecule has 24 heavy (non-hydrogen) atoms. The van der Waals surface area contributed by atoms with E-state index >= 15 is 0 Å². The summed E-state index contributed by atoms with van der Waals surface area (Å²) in [6.07, 6.45) is 1.90. The predicted molar refractivity (Wildman–Crippen MR) is 89.4 cm³/mol. The Balaban J connectivity index is 1.99. The molecule has 2 aromatic rings. The molecule has 2 heterocycles. The molecule has 0 saturated carbocycles. The molecule has 0 radical (unpaired) electrons. The van der Waals surface area contributed by atoms with Gasteiger partial charge in [-0.1, -0.05) is 23.7 Å². The highest BCUT2D eigenvalue weighted by molar-refractivity contribution is 6.30. The van der Waals surface area contributed by atoms with Crippen LogP contribution in [0.3, 0.4) is 0 Å². The maximum atomic E-state index is 12.6. The van der Waals surface area contributed by atoms with E-state index in [1.54, 1.807) is 19.1 Å². The summed E-state index contributed by atoms with van der Waals surface area (Å²) < 4.78 is 5.85. The molecule has 5 nitrogen and oxygen atoms in total. The predicted octanol–water partition coefficient (Wildman–Crippen LogP) is 3.26. The number of ether oxygens (including phenoxy) is 1. The van der Waals surface area contributed by atoms with Crippen molar-refractivity contribution in [2.75, 3.05) is 0 Å². The quantitative estimate of drug-likeness (QED) is 0.863. The molecule has 6 heteroatoms. The van der Waals surface area contributed by atoms with Crippen molar-refractivity contribution in [3.05, 3.63) is 67.9 Å². The zero-order valence-electron chi connectivity index (χ0n) is 13.1. The molecule has 0 amide bonds. The number of nitrogens with one attached hydrogen (secondary N) is 1. The normalized spacial score (nSPS) is 19.6. The second-order valence-corrected chi connectivity index (χ2v) is 6.51. The lowest BCUT2D eigenvalue weighted by molar-refractivity contribution is -0.116. The molecule has 0 fully saturated rings. The van der Waals surface area contributed by atoms with Crippen LogP contribution in [-0.2, 0) is 4.79 Å². The summed E-state index contributed by atoms with van der Waals surface area (Å²) in [6.45, 7) is 1.71. The number of ketones is 1. The van der Waals surface area contributed by atoms with Crippen molar-refractivity contribution >= 4 is 17.4 Å². The third-order valence-corrected chi connectivity index (χ3v) is 4.70. The minimum Gasteiger partial charge on any atom is -0.442 e. The number of rotatable bonds is 1. The molecule has 122 valence electrons. The first-order chi connectivity index (χ1) is 11.5. The number of halogens is 1. The topological polar surface area (TPSA) is 72.0 Å². The van der Waals surface area contributed by atoms with Gasteiger partial charge in [-0.3, -0.25) is 9.59 Å². The van der Waals surface area contributed by atoms with Gasteiger partial charge in [0.05, 0.1) is 11.5 Å². The monoisotopic (exact) mass is 342 g/mol. The summed E-state index contributed by atoms with van der Waals surface area (Å²) in [6, 6.07) is 7.20. The minimum absolute atomic E-state index is 0.0295. The fourth-order valence-electron chi connectivity index (χ4n) is 3.41. The number of hydrogen-bond donors (Lipinski definition) is 1. The molecule has 1 aromatic carbocycles. The maximum absolute atomic E-state index is 12.6. The molecule has 0 spiro atoms. The molecule has 0 saturated heterocycles. The average molecular weight is 343 g/mol. The number of hydrogen-bond acceptors (Lipinski definition) is 4. The molecular formula is C18H15ClN2O3. The Morgan fingerprint density at radius 3 is 2.71 bits per heavy atom. The first-order valence-electron chi connectivity index (χ1n) is 7.85. The van der Waals surface area contributed by atoms with Gasteiger partial charge < -0.3 is 9.72 Å². The van der Waals surface area contributed by atoms with Crippen LogP contribution < -0.4 is 10.3 Å². The molecule has 0 bridgehead atoms. The van der Waals surface area contributed by atoms with Crippen LogP contribution in [0, 0.1) is 6.92 Å². The molecule has 0 unspecified atom stereocenters. The van der Waals surface area contributed by atoms with Gasteiger partial charge in [-0.05, 0) is 31.0 Å². The van der Waals surface area contributed by atoms with Gasteiger partial charge in [0, 0.05) is 23.4 Å². The van der Waals surface area contributed by atoms with Crippen molar-refractivity contribution in [1.29, 1.82) is 0 Å². The summed E-state index contributed by atoms with van der Waals surface area (Å²) in [5.74, 6) is 0.980. The van der Waals surface area contributed by atoms with Gasteiger partial charge >= 0.3 is 0 Å². The van der Waals surface area contributed by atoms with Gasteiger partial charge in [-0.2, -0.15) is 4.98 Å². The highest BCUT2D eigenvalue weighted by Gasteiger charge is 2.39. The third-order valence-electron chi connectivity index (χ3n) is 4.45. The average Bonchev–Trinajstić information content (AvgIpc) is 2.54. The summed E-state index contributed by atoms with van der Waals surface area (Å²) in [5, 5.41) is 0.603. The Bertz CT molecular complexity index is 928. The fourth-order valence-corrected chi connectivity index (χ4v) is 3.54. The number of fused-ring (bicyclic) bond motifs is 1. The number of aromatic nitrogens is 2. The second-order valence-electron chi connectivity index (χ2n) is 6.07. The van der Waals surface area contributed by atoms with Gasteiger partial charge in [0.1, 0.15) is 11.6 Å². The van der Waals surface area contributed by atoms with Gasteiger partial charge in [-0.15, -0.1) is 0 Å². The van der Waals surface area contributed by atoms with E-state index in [0.717, 1.165) is 12.0 Å². The summed E-state index contributed by atoms with van der Waals surface area (Å²) in [7, 11) is 0. The zero-order valence-corrected chi connectivity index (χ0v) is 13.8. The van der Waals surface area contributed by atoms with Crippen LogP contribution in [0.2, 0.25) is 5.02 Å². The first-order valence-corrected chi connectivity index (χ1v) is 8.23. The van der Waals surface area contributed by atoms with E-state index in [9.17, 15) is 9.59 Å².